The molecule has 6 heteroatoms. The van der Waals surface area contributed by atoms with E-state index in [9.17, 15) is 0 Å². The average Bonchev–Trinajstić information content (AvgIpc) is 3.04. The zero-order valence-corrected chi connectivity index (χ0v) is 42.3. The Balaban J connectivity index is -0.000000175. The Kier molecular flexibility index (Phi) is 80.0. The number of allylic oxidation sites excluding steroid dienone is 2. The van der Waals surface area contributed by atoms with Crippen LogP contribution in [0.15, 0.2) is 12.2 Å². The number of hydrogen-bond donors (Lipinski definition) is 1. The van der Waals surface area contributed by atoms with E-state index in [-0.39, 0.29) is 76.8 Å². The van der Waals surface area contributed by atoms with Gasteiger partial charge in [0.25, 0.3) is 0 Å². The molecule has 0 saturated carbocycles. The number of halogens is 3. The molecule has 0 radical (unpaired) electrons. The maximum absolute atomic E-state index is 5.47. The molecular formula is C42H88Br3InNP. The first kappa shape index (κ1) is 62.4. The predicted molar refractivity (Wildman–Crippen MR) is 216 cm³/mol. The van der Waals surface area contributed by atoms with Crippen molar-refractivity contribution in [2.24, 2.45) is 5.73 Å². The summed E-state index contributed by atoms with van der Waals surface area (Å²) in [6.45, 7) is 10.1. The van der Waals surface area contributed by atoms with Crippen LogP contribution in [0.2, 0.25) is 0 Å². The molecule has 0 aromatic heterocycles. The van der Waals surface area contributed by atoms with Crippen LogP contribution in [0.3, 0.4) is 0 Å². The fourth-order valence-electron chi connectivity index (χ4n) is 6.07. The van der Waals surface area contributed by atoms with Crippen LogP contribution in [-0.4, -0.2) is 50.9 Å². The van der Waals surface area contributed by atoms with Crippen LogP contribution in [0, 0.1) is 0 Å². The van der Waals surface area contributed by atoms with Gasteiger partial charge in [-0.25, -0.2) is 0 Å². The van der Waals surface area contributed by atoms with Gasteiger partial charge >= 0.3 is 25.8 Å². The molecule has 0 aliphatic rings. The van der Waals surface area contributed by atoms with Crippen LogP contribution in [0.5, 0.6) is 0 Å². The zero-order valence-electron chi connectivity index (χ0n) is 33.3. The van der Waals surface area contributed by atoms with Gasteiger partial charge in [0.2, 0.25) is 0 Å². The third-order valence-electron chi connectivity index (χ3n) is 9.20. The van der Waals surface area contributed by atoms with E-state index >= 15 is 0 Å². The monoisotopic (exact) mass is 989 g/mol. The standard InChI is InChI=1S/C24H51P.C18H37N.3BrH.In/c1-4-7-10-13-16-19-22-25(23-20-17-14-11-8-5-2)24-21-18-15-12-9-6-3;1-2-3-4-5-6-7-8-9-10-11-12-13-14-15-16-17-18-19;;;;/h4-24H2,1-3H3;9-10H,2-8,11-19H2,1H3;3*1H;/q;;;;;+3/p-3/b;10-9-;;;;. The van der Waals surface area contributed by atoms with Crippen molar-refractivity contribution in [2.75, 3.05) is 25.0 Å². The maximum atomic E-state index is 5.47. The molecule has 290 valence electrons. The zero-order chi connectivity index (χ0) is 32.4. The van der Waals surface area contributed by atoms with Gasteiger partial charge in [-0.2, -0.15) is 0 Å². The average molecular weight is 993 g/mol. The molecule has 0 unspecified atom stereocenters. The van der Waals surface area contributed by atoms with Gasteiger partial charge in [0.15, 0.2) is 0 Å². The summed E-state index contributed by atoms with van der Waals surface area (Å²) >= 11 is 0. The fraction of sp³-hybridized carbons (Fsp3) is 0.952. The van der Waals surface area contributed by atoms with Gasteiger partial charge in [0.05, 0.1) is 0 Å². The van der Waals surface area contributed by atoms with Crippen LogP contribution < -0.4 is 56.7 Å². The van der Waals surface area contributed by atoms with Crippen molar-refractivity contribution in [1.29, 1.82) is 0 Å². The van der Waals surface area contributed by atoms with E-state index < -0.39 is 0 Å². The topological polar surface area (TPSA) is 26.0 Å². The molecule has 1 nitrogen and oxygen atoms in total. The van der Waals surface area contributed by atoms with E-state index in [1.807, 2.05) is 0 Å². The second kappa shape index (κ2) is 61.5. The molecule has 0 aliphatic heterocycles. The smallest absolute Gasteiger partial charge is 1.00 e. The second-order valence-corrected chi connectivity index (χ2v) is 16.6. The van der Waals surface area contributed by atoms with E-state index in [2.05, 4.69) is 39.8 Å². The number of rotatable bonds is 36. The van der Waals surface area contributed by atoms with Gasteiger partial charge in [-0.15, -0.1) is 7.92 Å². The van der Waals surface area contributed by atoms with Crippen LogP contribution in [0.1, 0.15) is 233 Å². The molecular weight excluding hydrogens is 904 g/mol. The Labute approximate surface area is 357 Å². The fourth-order valence-corrected chi connectivity index (χ4v) is 8.76. The van der Waals surface area contributed by atoms with Crippen molar-refractivity contribution >= 4 is 33.8 Å². The summed E-state index contributed by atoms with van der Waals surface area (Å²) in [4.78, 5) is 0. The summed E-state index contributed by atoms with van der Waals surface area (Å²) in [6.07, 6.45) is 55.1. The molecule has 0 rings (SSSR count). The third-order valence-corrected chi connectivity index (χ3v) is 12.0. The van der Waals surface area contributed by atoms with Crippen LogP contribution in [-0.2, 0) is 0 Å². The van der Waals surface area contributed by atoms with Gasteiger partial charge in [-0.1, -0.05) is 194 Å². The van der Waals surface area contributed by atoms with E-state index in [0.29, 0.717) is 7.92 Å². The van der Waals surface area contributed by atoms with Gasteiger partial charge in [-0.05, 0) is 76.4 Å². The Morgan fingerprint density at radius 1 is 0.333 bits per heavy atom. The molecule has 0 spiro atoms. The summed E-state index contributed by atoms with van der Waals surface area (Å²) < 4.78 is 0. The molecule has 0 aromatic rings. The molecule has 0 aliphatic carbocycles. The van der Waals surface area contributed by atoms with Crippen LogP contribution >= 0.6 is 7.92 Å². The molecule has 0 saturated heterocycles. The molecule has 0 heterocycles. The maximum Gasteiger partial charge on any atom is 3.00 e. The first-order chi connectivity index (χ1) is 21.8. The van der Waals surface area contributed by atoms with Gasteiger partial charge in [-0.3, -0.25) is 0 Å². The summed E-state index contributed by atoms with van der Waals surface area (Å²) in [5, 5.41) is 0. The van der Waals surface area contributed by atoms with E-state index in [4.69, 9.17) is 5.73 Å². The number of hydrogen-bond acceptors (Lipinski definition) is 1. The van der Waals surface area contributed by atoms with Gasteiger partial charge in [0, 0.05) is 0 Å². The van der Waals surface area contributed by atoms with Crippen LogP contribution in [0.4, 0.5) is 0 Å². The van der Waals surface area contributed by atoms with Gasteiger partial charge in [0.1, 0.15) is 0 Å². The SMILES string of the molecule is CCCCCCCC/C=C\CCCCCCCCN.CCCCCCCCP(CCCCCCCC)CCCCCCCC.[Br-].[Br-].[Br-].[In+3]. The molecule has 0 aromatic carbocycles. The summed E-state index contributed by atoms with van der Waals surface area (Å²) in [5.74, 6) is 0. The quantitative estimate of drug-likeness (QED) is 0.0455. The van der Waals surface area contributed by atoms with Crippen molar-refractivity contribution in [3.8, 4) is 0 Å². The molecule has 48 heavy (non-hydrogen) atoms. The normalized spacial score (nSPS) is 10.5. The Morgan fingerprint density at radius 2 is 0.562 bits per heavy atom. The van der Waals surface area contributed by atoms with E-state index in [0.717, 1.165) is 6.54 Å². The predicted octanol–water partition coefficient (Wildman–Crippen LogP) is 6.16. The van der Waals surface area contributed by atoms with Crippen molar-refractivity contribution in [3.63, 3.8) is 0 Å². The van der Waals surface area contributed by atoms with Gasteiger partial charge < -0.3 is 56.7 Å². The van der Waals surface area contributed by atoms with Crippen molar-refractivity contribution < 1.29 is 50.9 Å². The minimum absolute atomic E-state index is 0. The third kappa shape index (κ3) is 60.5. The largest absolute Gasteiger partial charge is 3.00 e. The number of nitrogens with two attached hydrogens (primary N) is 1. The van der Waals surface area contributed by atoms with E-state index in [1.165, 1.54) is 205 Å². The van der Waals surface area contributed by atoms with Crippen molar-refractivity contribution in [3.05, 3.63) is 12.2 Å². The summed E-state index contributed by atoms with van der Waals surface area (Å²) in [5.41, 5.74) is 5.47. The number of unbranched alkanes of at least 4 members (excludes halogenated alkanes) is 27. The molecule has 0 bridgehead atoms. The molecule has 2 N–H and O–H groups in total. The minimum atomic E-state index is 0. The Hall–Kier alpha value is 2.44. The van der Waals surface area contributed by atoms with E-state index in [1.54, 1.807) is 18.5 Å². The molecule has 0 amide bonds. The Bertz CT molecular complexity index is 475. The first-order valence-electron chi connectivity index (χ1n) is 20.8. The molecule has 0 atom stereocenters. The first-order valence-corrected chi connectivity index (χ1v) is 22.7. The van der Waals surface area contributed by atoms with Crippen molar-refractivity contribution in [2.45, 2.75) is 233 Å². The summed E-state index contributed by atoms with van der Waals surface area (Å²) in [7, 11) is 0.366. The molecule has 0 fully saturated rings. The minimum Gasteiger partial charge on any atom is -1.00 e. The van der Waals surface area contributed by atoms with Crippen molar-refractivity contribution in [1.82, 2.24) is 0 Å². The summed E-state index contributed by atoms with van der Waals surface area (Å²) in [6, 6.07) is 0. The Morgan fingerprint density at radius 3 is 0.833 bits per heavy atom. The second-order valence-electron chi connectivity index (χ2n) is 13.9. The van der Waals surface area contributed by atoms with Crippen LogP contribution in [0.25, 0.3) is 0 Å².